The summed E-state index contributed by atoms with van der Waals surface area (Å²) in [5.41, 5.74) is 1.46. The zero-order chi connectivity index (χ0) is 11.4. The molecule has 4 nitrogen and oxygen atoms in total. The molecule has 1 rings (SSSR count). The normalized spacial score (nSPS) is 9.16. The van der Waals surface area contributed by atoms with Crippen molar-refractivity contribution in [2.24, 2.45) is 4.99 Å². The van der Waals surface area contributed by atoms with Gasteiger partial charge in [-0.15, -0.1) is 41.9 Å². The number of carbonyl (C=O) groups excluding carboxylic acids is 1. The molecule has 0 aromatic carbocycles. The minimum absolute atomic E-state index is 0. The molecule has 0 N–H and O–H groups in total. The fraction of sp³-hybridized carbons (Fsp3) is 0.500. The monoisotopic (exact) mass is 471 g/mol. The Kier molecular flexibility index (Phi) is 19.9. The van der Waals surface area contributed by atoms with Crippen molar-refractivity contribution >= 4 is 46.7 Å². The van der Waals surface area contributed by atoms with Gasteiger partial charge in [-0.2, -0.15) is 0 Å². The van der Waals surface area contributed by atoms with Crippen molar-refractivity contribution in [1.29, 1.82) is 0 Å². The van der Waals surface area contributed by atoms with Crippen LogP contribution in [0.3, 0.4) is 0 Å². The van der Waals surface area contributed by atoms with E-state index in [0.29, 0.717) is 22.1 Å². The molecule has 19 heavy (non-hydrogen) atoms. The Morgan fingerprint density at radius 3 is 2.32 bits per heavy atom. The molecule has 1 radical (unpaired) electrons. The van der Waals surface area contributed by atoms with Crippen LogP contribution in [0.4, 0.5) is 0 Å². The molecule has 0 aliphatic heterocycles. The van der Waals surface area contributed by atoms with Crippen molar-refractivity contribution in [2.45, 2.75) is 35.6 Å². The Bertz CT molecular complexity index is 427. The van der Waals surface area contributed by atoms with Crippen molar-refractivity contribution in [2.75, 3.05) is 6.26 Å². The fourth-order valence-corrected chi connectivity index (χ4v) is 1.11. The smallest absolute Gasteiger partial charge is 0.279 e. The molecule has 1 heterocycles. The molecule has 1 amide bonds. The summed E-state index contributed by atoms with van der Waals surface area (Å²) < 4.78 is 0. The number of nitrogens with zero attached hydrogens (tertiary/aromatic N) is 3. The first-order valence-corrected chi connectivity index (χ1v) is 5.63. The van der Waals surface area contributed by atoms with Crippen LogP contribution in [0.25, 0.3) is 0 Å². The first kappa shape index (κ1) is 27.9. The zero-order valence-corrected chi connectivity index (χ0v) is 16.1. The molecule has 0 aliphatic carbocycles. The molecule has 107 valence electrons. The first-order chi connectivity index (χ1) is 7.04. The van der Waals surface area contributed by atoms with E-state index >= 15 is 0 Å². The van der Waals surface area contributed by atoms with Gasteiger partial charge in [0.25, 0.3) is 5.91 Å². The van der Waals surface area contributed by atoms with E-state index in [1.54, 1.807) is 20.8 Å². The molecule has 0 aliphatic rings. The summed E-state index contributed by atoms with van der Waals surface area (Å²) in [6.07, 6.45) is 4.56. The van der Waals surface area contributed by atoms with Gasteiger partial charge >= 0.3 is 0 Å². The van der Waals surface area contributed by atoms with Gasteiger partial charge in [0.15, 0.2) is 0 Å². The first-order valence-electron chi connectivity index (χ1n) is 4.41. The fourth-order valence-electron chi connectivity index (χ4n) is 0.935. The predicted molar refractivity (Wildman–Crippen MR) is 90.2 cm³/mol. The van der Waals surface area contributed by atoms with Crippen molar-refractivity contribution in [3.8, 4) is 0 Å². The minimum atomic E-state index is -0.344. The van der Waals surface area contributed by atoms with Gasteiger partial charge in [-0.05, 0) is 25.8 Å². The van der Waals surface area contributed by atoms with Crippen molar-refractivity contribution in [3.05, 3.63) is 23.3 Å². The SMILES string of the molecule is C.C.CSC(C)=NC(=O)c1nc(C)[c-]nc1C.I.[Y]. The van der Waals surface area contributed by atoms with Crippen LogP contribution >= 0.6 is 35.7 Å². The number of carbonyl (C=O) groups is 1. The number of halogens is 1. The van der Waals surface area contributed by atoms with Crippen molar-refractivity contribution in [1.82, 2.24) is 9.97 Å². The van der Waals surface area contributed by atoms with E-state index in [4.69, 9.17) is 0 Å². The molecule has 0 fully saturated rings. The molecule has 1 aromatic heterocycles. The quantitative estimate of drug-likeness (QED) is 0.272. The van der Waals surface area contributed by atoms with E-state index in [-0.39, 0.29) is 77.4 Å². The number of aliphatic imine (C=N–C) groups is 1. The summed E-state index contributed by atoms with van der Waals surface area (Å²) in [6.45, 7) is 5.25. The third-order valence-corrected chi connectivity index (χ3v) is 2.45. The summed E-state index contributed by atoms with van der Waals surface area (Å²) in [5, 5.41) is 0.715. The minimum Gasteiger partial charge on any atom is -0.452 e. The third kappa shape index (κ3) is 9.21. The van der Waals surface area contributed by atoms with Crippen LogP contribution in [0.2, 0.25) is 0 Å². The summed E-state index contributed by atoms with van der Waals surface area (Å²) >= 11 is 1.43. The Morgan fingerprint density at radius 2 is 1.84 bits per heavy atom. The number of aromatic nitrogens is 2. The molecule has 7 heteroatoms. The van der Waals surface area contributed by atoms with Crippen molar-refractivity contribution in [3.63, 3.8) is 0 Å². The molecule has 0 spiro atoms. The Balaban J connectivity index is -0.000000281. The number of thioether (sulfide) groups is 1. The largest absolute Gasteiger partial charge is 0.452 e. The zero-order valence-electron chi connectivity index (χ0n) is 10.1. The van der Waals surface area contributed by atoms with E-state index in [0.717, 1.165) is 0 Å². The summed E-state index contributed by atoms with van der Waals surface area (Å²) in [4.78, 5) is 23.6. The van der Waals surface area contributed by atoms with E-state index in [9.17, 15) is 4.79 Å². The van der Waals surface area contributed by atoms with Crippen LogP contribution in [-0.4, -0.2) is 27.2 Å². The second-order valence-electron chi connectivity index (χ2n) is 2.99. The summed E-state index contributed by atoms with van der Waals surface area (Å²) in [5.74, 6) is -0.344. The molecular weight excluding hydrogens is 450 g/mol. The van der Waals surface area contributed by atoms with Gasteiger partial charge in [0.2, 0.25) is 0 Å². The van der Waals surface area contributed by atoms with Gasteiger partial charge in [0.05, 0.1) is 10.7 Å². The number of aryl methyl sites for hydroxylation is 2. The molecule has 0 unspecified atom stereocenters. The molecule has 1 aromatic rings. The average molecular weight is 471 g/mol. The third-order valence-electron chi connectivity index (χ3n) is 1.76. The van der Waals surface area contributed by atoms with Gasteiger partial charge in [-0.3, -0.25) is 9.78 Å². The molecule has 0 atom stereocenters. The Hall–Kier alpha value is 0.604. The molecule has 0 bridgehead atoms. The molecule has 0 saturated carbocycles. The number of rotatable bonds is 1. The predicted octanol–water partition coefficient (Wildman–Crippen LogP) is 3.70. The second kappa shape index (κ2) is 13.6. The van der Waals surface area contributed by atoms with E-state index in [1.165, 1.54) is 11.8 Å². The Morgan fingerprint density at radius 1 is 1.32 bits per heavy atom. The Labute approximate surface area is 163 Å². The van der Waals surface area contributed by atoms with Crippen LogP contribution in [-0.2, 0) is 32.7 Å². The van der Waals surface area contributed by atoms with Gasteiger partial charge in [-0.1, -0.05) is 27.5 Å². The number of hydrogen-bond donors (Lipinski definition) is 0. The van der Waals surface area contributed by atoms with Crippen LogP contribution in [0.5, 0.6) is 0 Å². The van der Waals surface area contributed by atoms with Crippen LogP contribution in [0.1, 0.15) is 43.7 Å². The maximum atomic E-state index is 11.7. The van der Waals surface area contributed by atoms with E-state index < -0.39 is 0 Å². The standard InChI is InChI=1S/C10H12N3OS.2CH4.HI.Y/c1-6-5-11-7(2)9(12-6)10(14)13-8(3)15-4;;;;/h1-4H3;2*1H4;1H;/q-1;;;;. The topological polar surface area (TPSA) is 55.2 Å². The van der Waals surface area contributed by atoms with E-state index in [1.807, 2.05) is 6.26 Å². The van der Waals surface area contributed by atoms with E-state index in [2.05, 4.69) is 21.2 Å². The van der Waals surface area contributed by atoms with Gasteiger partial charge in [0.1, 0.15) is 0 Å². The van der Waals surface area contributed by atoms with Gasteiger partial charge in [0, 0.05) is 32.7 Å². The maximum Gasteiger partial charge on any atom is 0.279 e. The van der Waals surface area contributed by atoms with Crippen LogP contribution in [0.15, 0.2) is 4.99 Å². The second-order valence-corrected chi connectivity index (χ2v) is 3.99. The number of hydrogen-bond acceptors (Lipinski definition) is 4. The summed E-state index contributed by atoms with van der Waals surface area (Å²) in [7, 11) is 0. The van der Waals surface area contributed by atoms with Gasteiger partial charge in [-0.25, -0.2) is 4.99 Å². The molecular formula is C12H21IN3OSY-. The van der Waals surface area contributed by atoms with Gasteiger partial charge < -0.3 is 4.98 Å². The van der Waals surface area contributed by atoms with Crippen LogP contribution in [0, 0.1) is 20.0 Å². The molecule has 0 saturated heterocycles. The average Bonchev–Trinajstić information content (AvgIpc) is 2.21. The maximum absolute atomic E-state index is 11.7. The van der Waals surface area contributed by atoms with Crippen molar-refractivity contribution < 1.29 is 37.5 Å². The van der Waals surface area contributed by atoms with Crippen LogP contribution < -0.4 is 0 Å². The number of amides is 1. The summed E-state index contributed by atoms with van der Waals surface area (Å²) in [6, 6.07) is 0.